The van der Waals surface area contributed by atoms with Gasteiger partial charge in [0.25, 0.3) is 0 Å². The van der Waals surface area contributed by atoms with Crippen molar-refractivity contribution in [3.63, 3.8) is 0 Å². The number of halogens is 2. The topological polar surface area (TPSA) is 43.1 Å². The standard InChI is InChI=1S/C10H13Cl2NOS/c1-7(13)5-15(14)6-8-2-3-9(11)4-10(8)12/h2-4,7H,5-6,13H2,1H3. The fraction of sp³-hybridized carbons (Fsp3) is 0.400. The number of hydrogen-bond donors (Lipinski definition) is 1. The lowest BCUT2D eigenvalue weighted by Crippen LogP contribution is -2.23. The van der Waals surface area contributed by atoms with Crippen LogP contribution < -0.4 is 5.73 Å². The van der Waals surface area contributed by atoms with E-state index in [0.717, 1.165) is 5.56 Å². The van der Waals surface area contributed by atoms with Crippen LogP contribution in [0.4, 0.5) is 0 Å². The summed E-state index contributed by atoms with van der Waals surface area (Å²) >= 11 is 11.7. The Balaban J connectivity index is 2.68. The largest absolute Gasteiger partial charge is 0.327 e. The first-order valence-corrected chi connectivity index (χ1v) is 6.78. The van der Waals surface area contributed by atoms with Crippen LogP contribution in [0.3, 0.4) is 0 Å². The van der Waals surface area contributed by atoms with E-state index in [9.17, 15) is 4.21 Å². The van der Waals surface area contributed by atoms with Crippen molar-refractivity contribution in [1.82, 2.24) is 0 Å². The first-order valence-electron chi connectivity index (χ1n) is 4.53. The Hall–Kier alpha value is -0.0900. The van der Waals surface area contributed by atoms with Crippen molar-refractivity contribution in [3.05, 3.63) is 33.8 Å². The number of hydrogen-bond acceptors (Lipinski definition) is 2. The zero-order chi connectivity index (χ0) is 11.4. The first-order chi connectivity index (χ1) is 6.99. The predicted molar refractivity (Wildman–Crippen MR) is 66.8 cm³/mol. The minimum Gasteiger partial charge on any atom is -0.327 e. The van der Waals surface area contributed by atoms with Gasteiger partial charge in [0.2, 0.25) is 0 Å². The van der Waals surface area contributed by atoms with Crippen molar-refractivity contribution < 1.29 is 4.21 Å². The monoisotopic (exact) mass is 265 g/mol. The van der Waals surface area contributed by atoms with E-state index >= 15 is 0 Å². The molecule has 2 atom stereocenters. The summed E-state index contributed by atoms with van der Waals surface area (Å²) < 4.78 is 11.6. The van der Waals surface area contributed by atoms with Crippen LogP contribution in [0.15, 0.2) is 18.2 Å². The Morgan fingerprint density at radius 3 is 2.67 bits per heavy atom. The van der Waals surface area contributed by atoms with Crippen LogP contribution in [0.5, 0.6) is 0 Å². The molecular formula is C10H13Cl2NOS. The molecule has 0 aliphatic carbocycles. The normalized spacial score (nSPS) is 14.9. The zero-order valence-corrected chi connectivity index (χ0v) is 10.7. The quantitative estimate of drug-likeness (QED) is 0.910. The maximum atomic E-state index is 11.6. The minimum atomic E-state index is -0.971. The van der Waals surface area contributed by atoms with Crippen LogP contribution >= 0.6 is 23.2 Å². The molecule has 2 unspecified atom stereocenters. The smallest absolute Gasteiger partial charge is 0.0501 e. The van der Waals surface area contributed by atoms with Crippen molar-refractivity contribution >= 4 is 34.0 Å². The summed E-state index contributed by atoms with van der Waals surface area (Å²) in [7, 11) is -0.971. The van der Waals surface area contributed by atoms with Crippen molar-refractivity contribution in [2.24, 2.45) is 5.73 Å². The highest BCUT2D eigenvalue weighted by atomic mass is 35.5. The second kappa shape index (κ2) is 5.85. The van der Waals surface area contributed by atoms with E-state index in [2.05, 4.69) is 0 Å². The molecule has 0 radical (unpaired) electrons. The van der Waals surface area contributed by atoms with Gasteiger partial charge in [-0.3, -0.25) is 4.21 Å². The van der Waals surface area contributed by atoms with Gasteiger partial charge in [0.1, 0.15) is 0 Å². The maximum absolute atomic E-state index is 11.6. The summed E-state index contributed by atoms with van der Waals surface area (Å²) in [5.74, 6) is 0.913. The van der Waals surface area contributed by atoms with Gasteiger partial charge in [-0.15, -0.1) is 0 Å². The predicted octanol–water partition coefficient (Wildman–Crippen LogP) is 2.59. The van der Waals surface area contributed by atoms with Gasteiger partial charge >= 0.3 is 0 Å². The molecule has 0 fully saturated rings. The van der Waals surface area contributed by atoms with E-state index in [0.29, 0.717) is 21.6 Å². The SMILES string of the molecule is CC(N)CS(=O)Cc1ccc(Cl)cc1Cl. The van der Waals surface area contributed by atoms with Gasteiger partial charge in [-0.05, 0) is 24.6 Å². The molecule has 0 spiro atoms. The Bertz CT molecular complexity index is 368. The Labute approximate surface area is 102 Å². The van der Waals surface area contributed by atoms with E-state index in [1.54, 1.807) is 18.2 Å². The second-order valence-electron chi connectivity index (χ2n) is 3.46. The van der Waals surface area contributed by atoms with Crippen LogP contribution in [-0.2, 0) is 16.6 Å². The summed E-state index contributed by atoms with van der Waals surface area (Å²) in [5.41, 5.74) is 6.41. The maximum Gasteiger partial charge on any atom is 0.0501 e. The highest BCUT2D eigenvalue weighted by molar-refractivity contribution is 7.84. The molecule has 0 saturated heterocycles. The summed E-state index contributed by atoms with van der Waals surface area (Å²) in [4.78, 5) is 0. The van der Waals surface area contributed by atoms with Gasteiger partial charge in [0.05, 0.1) is 5.75 Å². The van der Waals surface area contributed by atoms with Crippen molar-refractivity contribution in [3.8, 4) is 0 Å². The molecule has 1 aromatic carbocycles. The molecule has 2 nitrogen and oxygen atoms in total. The van der Waals surface area contributed by atoms with Crippen molar-refractivity contribution in [2.75, 3.05) is 5.75 Å². The molecule has 0 saturated carbocycles. The van der Waals surface area contributed by atoms with Crippen LogP contribution in [0.25, 0.3) is 0 Å². The summed E-state index contributed by atoms with van der Waals surface area (Å²) in [6, 6.07) is 5.13. The molecule has 0 aromatic heterocycles. The molecule has 0 bridgehead atoms. The van der Waals surface area contributed by atoms with Gasteiger partial charge in [-0.1, -0.05) is 29.3 Å². The molecule has 5 heteroatoms. The van der Waals surface area contributed by atoms with E-state index in [4.69, 9.17) is 28.9 Å². The molecular weight excluding hydrogens is 253 g/mol. The molecule has 0 aliphatic heterocycles. The fourth-order valence-electron chi connectivity index (χ4n) is 1.16. The van der Waals surface area contributed by atoms with Gasteiger partial charge in [0.15, 0.2) is 0 Å². The van der Waals surface area contributed by atoms with E-state index in [1.807, 2.05) is 6.92 Å². The molecule has 84 valence electrons. The Morgan fingerprint density at radius 2 is 2.13 bits per heavy atom. The molecule has 1 rings (SSSR count). The minimum absolute atomic E-state index is 0.0584. The lowest BCUT2D eigenvalue weighted by molar-refractivity contribution is 0.676. The van der Waals surface area contributed by atoms with Crippen LogP contribution in [-0.4, -0.2) is 16.0 Å². The molecule has 1 aromatic rings. The van der Waals surface area contributed by atoms with Crippen molar-refractivity contribution in [2.45, 2.75) is 18.7 Å². The lowest BCUT2D eigenvalue weighted by Gasteiger charge is -2.07. The third-order valence-corrected chi connectivity index (χ3v) is 3.90. The van der Waals surface area contributed by atoms with Gasteiger partial charge in [0, 0.05) is 32.6 Å². The number of nitrogens with two attached hydrogens (primary N) is 1. The third-order valence-electron chi connectivity index (χ3n) is 1.78. The number of benzene rings is 1. The highest BCUT2D eigenvalue weighted by Gasteiger charge is 2.08. The molecule has 0 aliphatic rings. The summed E-state index contributed by atoms with van der Waals surface area (Å²) in [6.45, 7) is 1.83. The van der Waals surface area contributed by atoms with E-state index in [1.165, 1.54) is 0 Å². The summed E-state index contributed by atoms with van der Waals surface area (Å²) in [6.07, 6.45) is 0. The second-order valence-corrected chi connectivity index (χ2v) is 5.81. The Morgan fingerprint density at radius 1 is 1.47 bits per heavy atom. The average Bonchev–Trinajstić information content (AvgIpc) is 2.08. The van der Waals surface area contributed by atoms with Crippen LogP contribution in [0.2, 0.25) is 10.0 Å². The van der Waals surface area contributed by atoms with E-state index in [-0.39, 0.29) is 6.04 Å². The zero-order valence-electron chi connectivity index (χ0n) is 8.37. The molecule has 0 amide bonds. The van der Waals surface area contributed by atoms with E-state index < -0.39 is 10.8 Å². The highest BCUT2D eigenvalue weighted by Crippen LogP contribution is 2.22. The Kier molecular flexibility index (Phi) is 5.06. The van der Waals surface area contributed by atoms with Crippen LogP contribution in [0, 0.1) is 0 Å². The number of rotatable bonds is 4. The first kappa shape index (κ1) is 13.0. The molecule has 0 heterocycles. The third kappa shape index (κ3) is 4.51. The van der Waals surface area contributed by atoms with Gasteiger partial charge in [-0.2, -0.15) is 0 Å². The summed E-state index contributed by atoms with van der Waals surface area (Å²) in [5, 5.41) is 1.14. The fourth-order valence-corrected chi connectivity index (χ4v) is 3.02. The lowest BCUT2D eigenvalue weighted by atomic mass is 10.2. The van der Waals surface area contributed by atoms with Gasteiger partial charge < -0.3 is 5.73 Å². The molecule has 2 N–H and O–H groups in total. The van der Waals surface area contributed by atoms with Gasteiger partial charge in [-0.25, -0.2) is 0 Å². The van der Waals surface area contributed by atoms with Crippen LogP contribution in [0.1, 0.15) is 12.5 Å². The average molecular weight is 266 g/mol. The van der Waals surface area contributed by atoms with Crippen molar-refractivity contribution in [1.29, 1.82) is 0 Å². The molecule has 15 heavy (non-hydrogen) atoms.